The molecule has 0 radical (unpaired) electrons. The summed E-state index contributed by atoms with van der Waals surface area (Å²) in [6.07, 6.45) is 0. The highest BCUT2D eigenvalue weighted by Gasteiger charge is 2.23. The van der Waals surface area contributed by atoms with Crippen molar-refractivity contribution in [2.24, 2.45) is 0 Å². The lowest BCUT2D eigenvalue weighted by atomic mass is 10.1. The average Bonchev–Trinajstić information content (AvgIpc) is 2.38. The van der Waals surface area contributed by atoms with Crippen LogP contribution >= 0.6 is 0 Å². The number of nitrogens with one attached hydrogen (secondary N) is 2. The summed E-state index contributed by atoms with van der Waals surface area (Å²) >= 11 is 0. The number of benzene rings is 1. The van der Waals surface area contributed by atoms with Crippen LogP contribution in [-0.4, -0.2) is 35.0 Å². The number of rotatable bonds is 7. The molecule has 0 saturated heterocycles. The highest BCUT2D eigenvalue weighted by atomic mass is 16.6. The summed E-state index contributed by atoms with van der Waals surface area (Å²) in [5.41, 5.74) is -0.563. The number of amides is 1. The molecule has 3 N–H and O–H groups in total. The SMILES string of the molecule is CCNC(=O)CNCc1cccc([N+](=O)[O-])c1C(=O)O. The Morgan fingerprint density at radius 3 is 2.65 bits per heavy atom. The molecule has 108 valence electrons. The Morgan fingerprint density at radius 2 is 2.10 bits per heavy atom. The quantitative estimate of drug-likeness (QED) is 0.494. The van der Waals surface area contributed by atoms with Crippen LogP contribution < -0.4 is 10.6 Å². The van der Waals surface area contributed by atoms with Gasteiger partial charge in [0.25, 0.3) is 5.69 Å². The highest BCUT2D eigenvalue weighted by molar-refractivity contribution is 5.94. The monoisotopic (exact) mass is 281 g/mol. The van der Waals surface area contributed by atoms with Gasteiger partial charge in [-0.25, -0.2) is 4.79 Å². The van der Waals surface area contributed by atoms with E-state index in [0.29, 0.717) is 6.54 Å². The van der Waals surface area contributed by atoms with Gasteiger partial charge in [0.2, 0.25) is 5.91 Å². The van der Waals surface area contributed by atoms with Gasteiger partial charge >= 0.3 is 5.97 Å². The number of nitro benzene ring substituents is 1. The fraction of sp³-hybridized carbons (Fsp3) is 0.333. The van der Waals surface area contributed by atoms with Gasteiger partial charge in [-0.1, -0.05) is 12.1 Å². The second-order valence-corrected chi connectivity index (χ2v) is 3.93. The Balaban J connectivity index is 2.85. The minimum Gasteiger partial charge on any atom is -0.477 e. The van der Waals surface area contributed by atoms with Crippen LogP contribution in [0.5, 0.6) is 0 Å². The molecular formula is C12H15N3O5. The summed E-state index contributed by atoms with van der Waals surface area (Å²) in [6.45, 7) is 2.34. The van der Waals surface area contributed by atoms with E-state index < -0.39 is 16.6 Å². The highest BCUT2D eigenvalue weighted by Crippen LogP contribution is 2.22. The summed E-state index contributed by atoms with van der Waals surface area (Å²) in [6, 6.07) is 4.02. The van der Waals surface area contributed by atoms with Crippen molar-refractivity contribution >= 4 is 17.6 Å². The molecule has 0 saturated carbocycles. The predicted octanol–water partition coefficient (Wildman–Crippen LogP) is 0.519. The Morgan fingerprint density at radius 1 is 1.40 bits per heavy atom. The zero-order chi connectivity index (χ0) is 15.1. The van der Waals surface area contributed by atoms with E-state index in [2.05, 4.69) is 10.6 Å². The number of hydrogen-bond acceptors (Lipinski definition) is 5. The summed E-state index contributed by atoms with van der Waals surface area (Å²) in [4.78, 5) is 32.4. The van der Waals surface area contributed by atoms with Gasteiger partial charge in [-0.05, 0) is 12.5 Å². The minimum absolute atomic E-state index is 0.00951. The van der Waals surface area contributed by atoms with Crippen LogP contribution in [0.25, 0.3) is 0 Å². The molecule has 1 aromatic rings. The number of aromatic carboxylic acids is 1. The lowest BCUT2D eigenvalue weighted by Crippen LogP contribution is -2.33. The molecule has 0 aliphatic rings. The van der Waals surface area contributed by atoms with Gasteiger partial charge in [0.05, 0.1) is 11.5 Å². The van der Waals surface area contributed by atoms with Crippen LogP contribution in [0.3, 0.4) is 0 Å². The Bertz CT molecular complexity index is 530. The molecule has 0 spiro atoms. The fourth-order valence-corrected chi connectivity index (χ4v) is 1.70. The topological polar surface area (TPSA) is 122 Å². The Labute approximate surface area is 114 Å². The number of carboxylic acid groups (broad SMARTS) is 1. The van der Waals surface area contributed by atoms with E-state index in [1.165, 1.54) is 12.1 Å². The molecule has 8 nitrogen and oxygen atoms in total. The molecule has 1 amide bonds. The van der Waals surface area contributed by atoms with Crippen LogP contribution in [0.4, 0.5) is 5.69 Å². The van der Waals surface area contributed by atoms with Crippen LogP contribution in [0, 0.1) is 10.1 Å². The van der Waals surface area contributed by atoms with Crippen molar-refractivity contribution < 1.29 is 19.6 Å². The number of hydrogen-bond donors (Lipinski definition) is 3. The van der Waals surface area contributed by atoms with Crippen molar-refractivity contribution in [3.8, 4) is 0 Å². The molecule has 0 bridgehead atoms. The maximum absolute atomic E-state index is 11.2. The second-order valence-electron chi connectivity index (χ2n) is 3.93. The van der Waals surface area contributed by atoms with Crippen molar-refractivity contribution in [2.75, 3.05) is 13.1 Å². The number of nitrogens with zero attached hydrogens (tertiary/aromatic N) is 1. The fourth-order valence-electron chi connectivity index (χ4n) is 1.70. The molecule has 0 atom stereocenters. The molecule has 8 heteroatoms. The summed E-state index contributed by atoms with van der Waals surface area (Å²) in [7, 11) is 0. The van der Waals surface area contributed by atoms with Crippen LogP contribution in [0.1, 0.15) is 22.8 Å². The summed E-state index contributed by atoms with van der Waals surface area (Å²) in [5, 5.41) is 25.2. The smallest absolute Gasteiger partial charge is 0.343 e. The predicted molar refractivity (Wildman–Crippen MR) is 70.4 cm³/mol. The van der Waals surface area contributed by atoms with Gasteiger partial charge < -0.3 is 15.7 Å². The third-order valence-electron chi connectivity index (χ3n) is 2.51. The summed E-state index contributed by atoms with van der Waals surface area (Å²) < 4.78 is 0. The lowest BCUT2D eigenvalue weighted by Gasteiger charge is -2.08. The molecule has 20 heavy (non-hydrogen) atoms. The zero-order valence-corrected chi connectivity index (χ0v) is 10.9. The van der Waals surface area contributed by atoms with Crippen molar-refractivity contribution in [2.45, 2.75) is 13.5 Å². The molecule has 0 aliphatic carbocycles. The van der Waals surface area contributed by atoms with E-state index in [1.807, 2.05) is 0 Å². The lowest BCUT2D eigenvalue weighted by molar-refractivity contribution is -0.385. The van der Waals surface area contributed by atoms with Gasteiger partial charge in [0.15, 0.2) is 0 Å². The summed E-state index contributed by atoms with van der Waals surface area (Å²) in [5.74, 6) is -1.60. The van der Waals surface area contributed by atoms with E-state index in [4.69, 9.17) is 5.11 Å². The van der Waals surface area contributed by atoms with E-state index in [0.717, 1.165) is 6.07 Å². The first-order valence-electron chi connectivity index (χ1n) is 5.94. The molecule has 0 aromatic heterocycles. The van der Waals surface area contributed by atoms with Crippen molar-refractivity contribution in [1.82, 2.24) is 10.6 Å². The van der Waals surface area contributed by atoms with Crippen LogP contribution in [0.2, 0.25) is 0 Å². The molecular weight excluding hydrogens is 266 g/mol. The van der Waals surface area contributed by atoms with Crippen molar-refractivity contribution in [3.05, 3.63) is 39.4 Å². The number of carboxylic acids is 1. The van der Waals surface area contributed by atoms with Crippen LogP contribution in [0.15, 0.2) is 18.2 Å². The standard InChI is InChI=1S/C12H15N3O5/c1-2-14-10(16)7-13-6-8-4-3-5-9(15(19)20)11(8)12(17)18/h3-5,13H,2,6-7H2,1H3,(H,14,16)(H,17,18). The molecule has 1 aromatic carbocycles. The van der Waals surface area contributed by atoms with E-state index in [9.17, 15) is 19.7 Å². The maximum atomic E-state index is 11.2. The van der Waals surface area contributed by atoms with Gasteiger partial charge in [-0.3, -0.25) is 14.9 Å². The molecule has 1 rings (SSSR count). The second kappa shape index (κ2) is 7.19. The van der Waals surface area contributed by atoms with E-state index >= 15 is 0 Å². The number of carbonyl (C=O) groups is 2. The molecule has 0 fully saturated rings. The van der Waals surface area contributed by atoms with Crippen molar-refractivity contribution in [3.63, 3.8) is 0 Å². The number of likely N-dealkylation sites (N-methyl/N-ethyl adjacent to an activating group) is 1. The number of nitro groups is 1. The van der Waals surface area contributed by atoms with Gasteiger partial charge in [0, 0.05) is 19.2 Å². The van der Waals surface area contributed by atoms with Gasteiger partial charge in [0.1, 0.15) is 5.56 Å². The van der Waals surface area contributed by atoms with E-state index in [1.54, 1.807) is 6.92 Å². The normalized spacial score (nSPS) is 10.1. The molecule has 0 aliphatic heterocycles. The Hall–Kier alpha value is -2.48. The zero-order valence-electron chi connectivity index (χ0n) is 10.9. The third kappa shape index (κ3) is 4.02. The van der Waals surface area contributed by atoms with Gasteiger partial charge in [-0.2, -0.15) is 0 Å². The average molecular weight is 281 g/mol. The minimum atomic E-state index is -1.37. The molecule has 0 unspecified atom stereocenters. The first-order chi connectivity index (χ1) is 9.47. The first kappa shape index (κ1) is 15.6. The maximum Gasteiger partial charge on any atom is 0.343 e. The first-order valence-corrected chi connectivity index (χ1v) is 5.94. The van der Waals surface area contributed by atoms with E-state index in [-0.39, 0.29) is 30.1 Å². The molecule has 0 heterocycles. The third-order valence-corrected chi connectivity index (χ3v) is 2.51. The van der Waals surface area contributed by atoms with Gasteiger partial charge in [-0.15, -0.1) is 0 Å². The van der Waals surface area contributed by atoms with Crippen LogP contribution in [-0.2, 0) is 11.3 Å². The van der Waals surface area contributed by atoms with Crippen molar-refractivity contribution in [1.29, 1.82) is 0 Å². The number of carbonyl (C=O) groups excluding carboxylic acids is 1. The largest absolute Gasteiger partial charge is 0.477 e. The Kier molecular flexibility index (Phi) is 5.60.